The monoisotopic (exact) mass is 254 g/mol. The van der Waals surface area contributed by atoms with E-state index in [2.05, 4.69) is 0 Å². The van der Waals surface area contributed by atoms with Crippen LogP contribution in [0.2, 0.25) is 0 Å². The molecule has 0 aromatic heterocycles. The van der Waals surface area contributed by atoms with Gasteiger partial charge in [-0.2, -0.15) is 4.31 Å². The predicted molar refractivity (Wildman–Crippen MR) is 68.2 cm³/mol. The van der Waals surface area contributed by atoms with Crippen LogP contribution >= 0.6 is 0 Å². The second-order valence-corrected chi connectivity index (χ2v) is 6.41. The predicted octanol–water partition coefficient (Wildman–Crippen LogP) is 1.75. The van der Waals surface area contributed by atoms with Crippen LogP contribution in [0, 0.1) is 6.92 Å². The molecule has 0 saturated heterocycles. The van der Waals surface area contributed by atoms with Crippen LogP contribution in [0.25, 0.3) is 0 Å². The van der Waals surface area contributed by atoms with Gasteiger partial charge in [0.2, 0.25) is 10.0 Å². The van der Waals surface area contributed by atoms with Gasteiger partial charge in [0.15, 0.2) is 0 Å². The van der Waals surface area contributed by atoms with Crippen LogP contribution in [0.4, 0.5) is 5.69 Å². The minimum atomic E-state index is -3.38. The molecule has 0 heterocycles. The molecular weight excluding hydrogens is 236 g/mol. The average molecular weight is 254 g/mol. The lowest BCUT2D eigenvalue weighted by molar-refractivity contribution is 0.421. The van der Waals surface area contributed by atoms with E-state index >= 15 is 0 Å². The maximum atomic E-state index is 12.4. The summed E-state index contributed by atoms with van der Waals surface area (Å²) in [7, 11) is -3.38. The van der Waals surface area contributed by atoms with E-state index in [9.17, 15) is 8.42 Å². The number of rotatable bonds is 4. The third kappa shape index (κ3) is 2.45. The molecule has 94 valence electrons. The van der Waals surface area contributed by atoms with Crippen molar-refractivity contribution in [3.8, 4) is 0 Å². The molecule has 1 aliphatic carbocycles. The zero-order valence-corrected chi connectivity index (χ0v) is 11.0. The number of aryl methyl sites for hydroxylation is 1. The fraction of sp³-hybridized carbons (Fsp3) is 0.500. The Balaban J connectivity index is 2.42. The molecule has 1 fully saturated rings. The Kier molecular flexibility index (Phi) is 3.14. The van der Waals surface area contributed by atoms with Crippen molar-refractivity contribution in [3.63, 3.8) is 0 Å². The number of hydrogen-bond donors (Lipinski definition) is 1. The lowest BCUT2D eigenvalue weighted by Crippen LogP contribution is -2.33. The van der Waals surface area contributed by atoms with Crippen molar-refractivity contribution in [2.45, 2.75) is 37.6 Å². The Labute approximate surface area is 102 Å². The van der Waals surface area contributed by atoms with Crippen molar-refractivity contribution < 1.29 is 8.42 Å². The summed E-state index contributed by atoms with van der Waals surface area (Å²) in [5.74, 6) is 0. The van der Waals surface area contributed by atoms with Gasteiger partial charge >= 0.3 is 0 Å². The lowest BCUT2D eigenvalue weighted by Gasteiger charge is -2.20. The van der Waals surface area contributed by atoms with Crippen LogP contribution in [0.15, 0.2) is 23.1 Å². The molecule has 1 saturated carbocycles. The van der Waals surface area contributed by atoms with E-state index in [1.807, 2.05) is 13.8 Å². The highest BCUT2D eigenvalue weighted by atomic mass is 32.2. The minimum Gasteiger partial charge on any atom is -0.399 e. The first-order valence-corrected chi connectivity index (χ1v) is 7.28. The maximum absolute atomic E-state index is 12.4. The normalized spacial score (nSPS) is 16.4. The third-order valence-corrected chi connectivity index (χ3v) is 4.95. The van der Waals surface area contributed by atoms with E-state index in [0.717, 1.165) is 18.4 Å². The van der Waals surface area contributed by atoms with Gasteiger partial charge in [-0.3, -0.25) is 0 Å². The number of nitrogens with two attached hydrogens (primary N) is 1. The first-order chi connectivity index (χ1) is 7.95. The molecule has 2 rings (SSSR count). The first kappa shape index (κ1) is 12.4. The average Bonchev–Trinajstić information content (AvgIpc) is 3.01. The summed E-state index contributed by atoms with van der Waals surface area (Å²) in [6, 6.07) is 5.17. The van der Waals surface area contributed by atoms with E-state index in [1.54, 1.807) is 16.4 Å². The second kappa shape index (κ2) is 4.31. The van der Waals surface area contributed by atoms with E-state index in [-0.39, 0.29) is 6.04 Å². The molecule has 5 heteroatoms. The Bertz CT molecular complexity index is 501. The topological polar surface area (TPSA) is 63.4 Å². The summed E-state index contributed by atoms with van der Waals surface area (Å²) < 4.78 is 26.4. The minimum absolute atomic E-state index is 0.187. The fourth-order valence-electron chi connectivity index (χ4n) is 2.05. The van der Waals surface area contributed by atoms with Gasteiger partial charge in [0.25, 0.3) is 0 Å². The summed E-state index contributed by atoms with van der Waals surface area (Å²) in [6.45, 7) is 4.23. The van der Waals surface area contributed by atoms with Crippen LogP contribution in [-0.4, -0.2) is 25.3 Å². The van der Waals surface area contributed by atoms with Crippen molar-refractivity contribution in [2.24, 2.45) is 0 Å². The number of nitrogen functional groups attached to an aromatic ring is 1. The SMILES string of the molecule is CCN(C1CC1)S(=O)(=O)c1cc(C)cc(N)c1. The van der Waals surface area contributed by atoms with Gasteiger partial charge in [-0.25, -0.2) is 8.42 Å². The lowest BCUT2D eigenvalue weighted by atomic mass is 10.2. The Hall–Kier alpha value is -1.07. The van der Waals surface area contributed by atoms with Gasteiger partial charge in [0, 0.05) is 18.3 Å². The third-order valence-electron chi connectivity index (χ3n) is 2.95. The van der Waals surface area contributed by atoms with Gasteiger partial charge in [-0.1, -0.05) is 6.92 Å². The zero-order chi connectivity index (χ0) is 12.6. The Morgan fingerprint density at radius 3 is 2.47 bits per heavy atom. The number of benzene rings is 1. The van der Waals surface area contributed by atoms with Gasteiger partial charge in [0.1, 0.15) is 0 Å². The molecule has 1 aromatic rings. The molecular formula is C12H18N2O2S. The van der Waals surface area contributed by atoms with E-state index in [1.165, 1.54) is 6.07 Å². The smallest absolute Gasteiger partial charge is 0.243 e. The summed E-state index contributed by atoms with van der Waals surface area (Å²) in [4.78, 5) is 0.309. The highest BCUT2D eigenvalue weighted by Gasteiger charge is 2.36. The van der Waals surface area contributed by atoms with Gasteiger partial charge in [0.05, 0.1) is 4.90 Å². The summed E-state index contributed by atoms with van der Waals surface area (Å²) in [6.07, 6.45) is 1.93. The number of nitrogens with zero attached hydrogens (tertiary/aromatic N) is 1. The highest BCUT2D eigenvalue weighted by Crippen LogP contribution is 2.32. The number of anilines is 1. The molecule has 0 atom stereocenters. The highest BCUT2D eigenvalue weighted by molar-refractivity contribution is 7.89. The molecule has 0 aliphatic heterocycles. The number of sulfonamides is 1. The molecule has 1 aliphatic rings. The standard InChI is InChI=1S/C12H18N2O2S/c1-3-14(11-4-5-11)17(15,16)12-7-9(2)6-10(13)8-12/h6-8,11H,3-5,13H2,1-2H3. The van der Waals surface area contributed by atoms with Gasteiger partial charge < -0.3 is 5.73 Å². The Morgan fingerprint density at radius 2 is 2.00 bits per heavy atom. The summed E-state index contributed by atoms with van der Waals surface area (Å²) in [5, 5.41) is 0. The van der Waals surface area contributed by atoms with Crippen LogP contribution in [0.1, 0.15) is 25.3 Å². The van der Waals surface area contributed by atoms with Gasteiger partial charge in [-0.15, -0.1) is 0 Å². The molecule has 2 N–H and O–H groups in total. The summed E-state index contributed by atoms with van der Waals surface area (Å²) in [5.41, 5.74) is 7.07. The van der Waals surface area contributed by atoms with E-state index in [0.29, 0.717) is 17.1 Å². The molecule has 0 spiro atoms. The van der Waals surface area contributed by atoms with Crippen molar-refractivity contribution >= 4 is 15.7 Å². The molecule has 0 radical (unpaired) electrons. The molecule has 4 nitrogen and oxygen atoms in total. The number of hydrogen-bond acceptors (Lipinski definition) is 3. The fourth-order valence-corrected chi connectivity index (χ4v) is 3.88. The van der Waals surface area contributed by atoms with Crippen molar-refractivity contribution in [2.75, 3.05) is 12.3 Å². The van der Waals surface area contributed by atoms with Crippen LogP contribution in [-0.2, 0) is 10.0 Å². The quantitative estimate of drug-likeness (QED) is 0.833. The molecule has 0 bridgehead atoms. The Morgan fingerprint density at radius 1 is 1.35 bits per heavy atom. The molecule has 0 amide bonds. The van der Waals surface area contributed by atoms with Crippen LogP contribution in [0.3, 0.4) is 0 Å². The second-order valence-electron chi connectivity index (χ2n) is 4.52. The van der Waals surface area contributed by atoms with E-state index < -0.39 is 10.0 Å². The maximum Gasteiger partial charge on any atom is 0.243 e. The zero-order valence-electron chi connectivity index (χ0n) is 10.2. The molecule has 1 aromatic carbocycles. The van der Waals surface area contributed by atoms with Crippen molar-refractivity contribution in [1.82, 2.24) is 4.31 Å². The largest absolute Gasteiger partial charge is 0.399 e. The molecule has 0 unspecified atom stereocenters. The van der Waals surface area contributed by atoms with Crippen LogP contribution < -0.4 is 5.73 Å². The van der Waals surface area contributed by atoms with Gasteiger partial charge in [-0.05, 0) is 43.5 Å². The first-order valence-electron chi connectivity index (χ1n) is 5.84. The van der Waals surface area contributed by atoms with Crippen molar-refractivity contribution in [3.05, 3.63) is 23.8 Å². The summed E-state index contributed by atoms with van der Waals surface area (Å²) >= 11 is 0. The van der Waals surface area contributed by atoms with Crippen molar-refractivity contribution in [1.29, 1.82) is 0 Å². The van der Waals surface area contributed by atoms with E-state index in [4.69, 9.17) is 5.73 Å². The molecule has 17 heavy (non-hydrogen) atoms. The van der Waals surface area contributed by atoms with Crippen LogP contribution in [0.5, 0.6) is 0 Å².